The van der Waals surface area contributed by atoms with Crippen LogP contribution in [-0.2, 0) is 0 Å². The number of carbonyl (C=O) groups is 1. The van der Waals surface area contributed by atoms with Crippen LogP contribution in [0.3, 0.4) is 0 Å². The van der Waals surface area contributed by atoms with Gasteiger partial charge in [0.05, 0.1) is 4.88 Å². The van der Waals surface area contributed by atoms with Crippen LogP contribution >= 0.6 is 11.3 Å². The summed E-state index contributed by atoms with van der Waals surface area (Å²) in [6, 6.07) is 2.02. The van der Waals surface area contributed by atoms with E-state index >= 15 is 0 Å². The average molecular weight is 253 g/mol. The van der Waals surface area contributed by atoms with Gasteiger partial charge in [0.25, 0.3) is 5.91 Å². The van der Waals surface area contributed by atoms with E-state index in [2.05, 4.69) is 13.8 Å². The van der Waals surface area contributed by atoms with Crippen molar-refractivity contribution in [1.82, 2.24) is 4.90 Å². The first-order valence-corrected chi connectivity index (χ1v) is 7.42. The number of rotatable bonds is 7. The quantitative estimate of drug-likeness (QED) is 0.716. The molecule has 1 amide bonds. The van der Waals surface area contributed by atoms with Crippen molar-refractivity contribution in [3.05, 3.63) is 21.9 Å². The van der Waals surface area contributed by atoms with Crippen LogP contribution in [-0.4, -0.2) is 23.9 Å². The fourth-order valence-electron chi connectivity index (χ4n) is 1.75. The van der Waals surface area contributed by atoms with Gasteiger partial charge in [-0.3, -0.25) is 4.79 Å². The van der Waals surface area contributed by atoms with E-state index in [0.717, 1.165) is 49.2 Å². The fourth-order valence-corrected chi connectivity index (χ4v) is 2.64. The Bertz CT molecular complexity index is 338. The number of aryl methyl sites for hydroxylation is 1. The predicted molar refractivity (Wildman–Crippen MR) is 74.8 cm³/mol. The van der Waals surface area contributed by atoms with E-state index in [1.54, 1.807) is 11.3 Å². The Hall–Kier alpha value is -0.830. The molecule has 0 N–H and O–H groups in total. The molecule has 1 heterocycles. The van der Waals surface area contributed by atoms with Crippen LogP contribution in [0.2, 0.25) is 0 Å². The highest BCUT2D eigenvalue weighted by Crippen LogP contribution is 2.18. The fraction of sp³-hybridized carbons (Fsp3) is 0.643. The van der Waals surface area contributed by atoms with E-state index in [4.69, 9.17) is 0 Å². The Morgan fingerprint density at radius 2 is 1.82 bits per heavy atom. The largest absolute Gasteiger partial charge is 0.338 e. The number of hydrogen-bond donors (Lipinski definition) is 0. The van der Waals surface area contributed by atoms with Gasteiger partial charge in [-0.05, 0) is 36.8 Å². The van der Waals surface area contributed by atoms with Crippen LogP contribution in [0.5, 0.6) is 0 Å². The molecule has 0 aromatic carbocycles. The minimum absolute atomic E-state index is 0.222. The molecule has 2 nitrogen and oxygen atoms in total. The molecule has 1 rings (SSSR count). The van der Waals surface area contributed by atoms with Gasteiger partial charge >= 0.3 is 0 Å². The summed E-state index contributed by atoms with van der Waals surface area (Å²) in [5.74, 6) is 0.222. The van der Waals surface area contributed by atoms with E-state index in [1.807, 2.05) is 23.3 Å². The lowest BCUT2D eigenvalue weighted by molar-refractivity contribution is 0.0755. The minimum atomic E-state index is 0.222. The molecule has 0 saturated heterocycles. The Morgan fingerprint density at radius 3 is 2.24 bits per heavy atom. The lowest BCUT2D eigenvalue weighted by Gasteiger charge is -2.22. The van der Waals surface area contributed by atoms with Crippen molar-refractivity contribution in [2.24, 2.45) is 0 Å². The molecule has 3 heteroatoms. The molecular weight excluding hydrogens is 230 g/mol. The first-order valence-electron chi connectivity index (χ1n) is 6.54. The molecular formula is C14H23NOS. The highest BCUT2D eigenvalue weighted by Gasteiger charge is 2.17. The number of hydrogen-bond acceptors (Lipinski definition) is 2. The maximum atomic E-state index is 12.4. The lowest BCUT2D eigenvalue weighted by atomic mass is 10.2. The Balaban J connectivity index is 2.68. The third kappa shape index (κ3) is 4.15. The molecule has 1 aromatic heterocycles. The number of carbonyl (C=O) groups excluding carboxylic acids is 1. The van der Waals surface area contributed by atoms with E-state index in [9.17, 15) is 4.79 Å². The molecule has 0 aliphatic carbocycles. The van der Waals surface area contributed by atoms with Gasteiger partial charge in [-0.15, -0.1) is 11.3 Å². The first kappa shape index (κ1) is 14.2. The van der Waals surface area contributed by atoms with Crippen LogP contribution in [0.25, 0.3) is 0 Å². The van der Waals surface area contributed by atoms with Gasteiger partial charge in [-0.25, -0.2) is 0 Å². The summed E-state index contributed by atoms with van der Waals surface area (Å²) < 4.78 is 0. The zero-order valence-electron chi connectivity index (χ0n) is 11.2. The molecule has 0 spiro atoms. The topological polar surface area (TPSA) is 20.3 Å². The van der Waals surface area contributed by atoms with Crippen molar-refractivity contribution in [3.8, 4) is 0 Å². The molecule has 96 valence electrons. The molecule has 0 radical (unpaired) electrons. The molecule has 0 unspecified atom stereocenters. The smallest absolute Gasteiger partial charge is 0.264 e. The molecule has 1 aromatic rings. The zero-order chi connectivity index (χ0) is 12.7. The zero-order valence-corrected chi connectivity index (χ0v) is 12.0. The predicted octanol–water partition coefficient (Wildman–Crippen LogP) is 4.10. The second kappa shape index (κ2) is 7.49. The molecule has 0 fully saturated rings. The second-order valence-electron chi connectivity index (χ2n) is 4.43. The van der Waals surface area contributed by atoms with Crippen molar-refractivity contribution in [3.63, 3.8) is 0 Å². The minimum Gasteiger partial charge on any atom is -0.338 e. The van der Waals surface area contributed by atoms with Crippen LogP contribution in [0, 0.1) is 6.92 Å². The molecule has 0 saturated carbocycles. The van der Waals surface area contributed by atoms with Gasteiger partial charge in [0.1, 0.15) is 0 Å². The maximum Gasteiger partial charge on any atom is 0.264 e. The SMILES string of the molecule is CCCCN(CCCC)C(=O)c1sccc1C. The van der Waals surface area contributed by atoms with Crippen molar-refractivity contribution < 1.29 is 4.79 Å². The van der Waals surface area contributed by atoms with E-state index in [-0.39, 0.29) is 5.91 Å². The third-order valence-electron chi connectivity index (χ3n) is 2.91. The summed E-state index contributed by atoms with van der Waals surface area (Å²) in [6.07, 6.45) is 4.47. The summed E-state index contributed by atoms with van der Waals surface area (Å²) in [5, 5.41) is 2.00. The Morgan fingerprint density at radius 1 is 1.24 bits per heavy atom. The molecule has 0 bridgehead atoms. The van der Waals surface area contributed by atoms with Crippen LogP contribution < -0.4 is 0 Å². The summed E-state index contributed by atoms with van der Waals surface area (Å²) in [7, 11) is 0. The number of thiophene rings is 1. The highest BCUT2D eigenvalue weighted by molar-refractivity contribution is 7.12. The highest BCUT2D eigenvalue weighted by atomic mass is 32.1. The van der Waals surface area contributed by atoms with Crippen molar-refractivity contribution in [1.29, 1.82) is 0 Å². The van der Waals surface area contributed by atoms with Crippen molar-refractivity contribution in [2.45, 2.75) is 46.5 Å². The third-order valence-corrected chi connectivity index (χ3v) is 3.91. The first-order chi connectivity index (χ1) is 8.20. The molecule has 0 aliphatic heterocycles. The molecule has 0 atom stereocenters. The average Bonchev–Trinajstić information content (AvgIpc) is 2.75. The Labute approximate surface area is 109 Å². The van der Waals surface area contributed by atoms with E-state index in [1.165, 1.54) is 0 Å². The van der Waals surface area contributed by atoms with Gasteiger partial charge in [0.2, 0.25) is 0 Å². The van der Waals surface area contributed by atoms with Crippen molar-refractivity contribution >= 4 is 17.2 Å². The second-order valence-corrected chi connectivity index (χ2v) is 5.35. The Kier molecular flexibility index (Phi) is 6.27. The number of unbranched alkanes of at least 4 members (excludes halogenated alkanes) is 2. The van der Waals surface area contributed by atoms with Crippen LogP contribution in [0.1, 0.15) is 54.8 Å². The lowest BCUT2D eigenvalue weighted by Crippen LogP contribution is -2.32. The summed E-state index contributed by atoms with van der Waals surface area (Å²) in [6.45, 7) is 8.14. The summed E-state index contributed by atoms with van der Waals surface area (Å²) >= 11 is 1.56. The molecule has 0 aliphatic rings. The van der Waals surface area contributed by atoms with Crippen LogP contribution in [0.15, 0.2) is 11.4 Å². The van der Waals surface area contributed by atoms with E-state index in [0.29, 0.717) is 0 Å². The van der Waals surface area contributed by atoms with E-state index < -0.39 is 0 Å². The van der Waals surface area contributed by atoms with Gasteiger partial charge in [-0.1, -0.05) is 26.7 Å². The molecule has 17 heavy (non-hydrogen) atoms. The summed E-state index contributed by atoms with van der Waals surface area (Å²) in [5.41, 5.74) is 1.11. The summed E-state index contributed by atoms with van der Waals surface area (Å²) in [4.78, 5) is 15.3. The van der Waals surface area contributed by atoms with Gasteiger partial charge in [0, 0.05) is 13.1 Å². The van der Waals surface area contributed by atoms with Gasteiger partial charge in [0.15, 0.2) is 0 Å². The van der Waals surface area contributed by atoms with Crippen LogP contribution in [0.4, 0.5) is 0 Å². The van der Waals surface area contributed by atoms with Crippen molar-refractivity contribution in [2.75, 3.05) is 13.1 Å². The standard InChI is InChI=1S/C14H23NOS/c1-4-6-9-15(10-7-5-2)14(16)13-12(3)8-11-17-13/h8,11H,4-7,9-10H2,1-3H3. The number of amides is 1. The number of nitrogens with zero attached hydrogens (tertiary/aromatic N) is 1. The monoisotopic (exact) mass is 253 g/mol. The van der Waals surface area contributed by atoms with Gasteiger partial charge < -0.3 is 4.90 Å². The normalized spacial score (nSPS) is 10.5. The van der Waals surface area contributed by atoms with Gasteiger partial charge in [-0.2, -0.15) is 0 Å². The maximum absolute atomic E-state index is 12.4.